The summed E-state index contributed by atoms with van der Waals surface area (Å²) in [5.41, 5.74) is 1.36. The van der Waals surface area contributed by atoms with Gasteiger partial charge in [0.05, 0.1) is 6.61 Å². The zero-order chi connectivity index (χ0) is 13.1. The van der Waals surface area contributed by atoms with Gasteiger partial charge in [-0.2, -0.15) is 0 Å². The van der Waals surface area contributed by atoms with E-state index in [1.54, 1.807) is 0 Å². The average Bonchev–Trinajstić information content (AvgIpc) is 2.43. The Morgan fingerprint density at radius 3 is 2.44 bits per heavy atom. The first-order chi connectivity index (χ1) is 8.88. The van der Waals surface area contributed by atoms with Gasteiger partial charge in [0.1, 0.15) is 0 Å². The SMILES string of the molecule is CCCCCCCOCC(CBr)c1ccccc1. The Morgan fingerprint density at radius 2 is 1.78 bits per heavy atom. The maximum absolute atomic E-state index is 5.79. The zero-order valence-electron chi connectivity index (χ0n) is 11.4. The van der Waals surface area contributed by atoms with E-state index in [1.807, 2.05) is 0 Å². The van der Waals surface area contributed by atoms with Crippen LogP contribution in [0, 0.1) is 0 Å². The number of unbranched alkanes of at least 4 members (excludes halogenated alkanes) is 4. The third-order valence-corrected chi connectivity index (χ3v) is 3.95. The predicted molar refractivity (Wildman–Crippen MR) is 82.6 cm³/mol. The van der Waals surface area contributed by atoms with Crippen LogP contribution in [0.2, 0.25) is 0 Å². The summed E-state index contributed by atoms with van der Waals surface area (Å²) in [6.07, 6.45) is 6.51. The quantitative estimate of drug-likeness (QED) is 0.429. The van der Waals surface area contributed by atoms with Crippen LogP contribution >= 0.6 is 15.9 Å². The van der Waals surface area contributed by atoms with Gasteiger partial charge in [-0.15, -0.1) is 0 Å². The highest BCUT2D eigenvalue weighted by atomic mass is 79.9. The van der Waals surface area contributed by atoms with Gasteiger partial charge >= 0.3 is 0 Å². The molecule has 0 spiro atoms. The van der Waals surface area contributed by atoms with Crippen molar-refractivity contribution in [2.24, 2.45) is 0 Å². The molecule has 0 amide bonds. The van der Waals surface area contributed by atoms with Crippen LogP contribution in [0.5, 0.6) is 0 Å². The molecule has 0 aromatic heterocycles. The Morgan fingerprint density at radius 1 is 1.06 bits per heavy atom. The van der Waals surface area contributed by atoms with Crippen LogP contribution in [0.3, 0.4) is 0 Å². The minimum atomic E-state index is 0.474. The number of hydrogen-bond acceptors (Lipinski definition) is 1. The molecule has 0 N–H and O–H groups in total. The normalized spacial score (nSPS) is 12.6. The number of rotatable bonds is 10. The summed E-state index contributed by atoms with van der Waals surface area (Å²) in [4.78, 5) is 0. The van der Waals surface area contributed by atoms with E-state index >= 15 is 0 Å². The van der Waals surface area contributed by atoms with Crippen molar-refractivity contribution in [1.29, 1.82) is 0 Å². The minimum absolute atomic E-state index is 0.474. The molecule has 1 rings (SSSR count). The lowest BCUT2D eigenvalue weighted by Gasteiger charge is -2.14. The molecule has 0 saturated heterocycles. The summed E-state index contributed by atoms with van der Waals surface area (Å²) >= 11 is 3.58. The van der Waals surface area contributed by atoms with E-state index in [0.29, 0.717) is 5.92 Å². The largest absolute Gasteiger partial charge is 0.381 e. The van der Waals surface area contributed by atoms with Crippen LogP contribution < -0.4 is 0 Å². The van der Waals surface area contributed by atoms with Gasteiger partial charge in [0.15, 0.2) is 0 Å². The van der Waals surface area contributed by atoms with Crippen molar-refractivity contribution >= 4 is 15.9 Å². The maximum Gasteiger partial charge on any atom is 0.0542 e. The van der Waals surface area contributed by atoms with Gasteiger partial charge < -0.3 is 4.74 Å². The summed E-state index contributed by atoms with van der Waals surface area (Å²) in [6.45, 7) is 3.97. The Labute approximate surface area is 120 Å². The maximum atomic E-state index is 5.79. The number of ether oxygens (including phenoxy) is 1. The molecule has 0 aliphatic carbocycles. The fourth-order valence-corrected chi connectivity index (χ4v) is 2.55. The van der Waals surface area contributed by atoms with E-state index < -0.39 is 0 Å². The molecule has 0 fully saturated rings. The number of hydrogen-bond donors (Lipinski definition) is 0. The van der Waals surface area contributed by atoms with Crippen LogP contribution in [-0.4, -0.2) is 18.5 Å². The van der Waals surface area contributed by atoms with Crippen molar-refractivity contribution < 1.29 is 4.74 Å². The summed E-state index contributed by atoms with van der Waals surface area (Å²) in [7, 11) is 0. The molecule has 0 aliphatic rings. The second kappa shape index (κ2) is 10.6. The number of halogens is 1. The highest BCUT2D eigenvalue weighted by molar-refractivity contribution is 9.09. The first-order valence-corrected chi connectivity index (χ1v) is 8.19. The molecule has 0 heterocycles. The van der Waals surface area contributed by atoms with Crippen molar-refractivity contribution in [3.8, 4) is 0 Å². The minimum Gasteiger partial charge on any atom is -0.381 e. The van der Waals surface area contributed by atoms with Gasteiger partial charge in [-0.3, -0.25) is 0 Å². The lowest BCUT2D eigenvalue weighted by Crippen LogP contribution is -2.10. The molecular formula is C16H25BrO. The van der Waals surface area contributed by atoms with Crippen molar-refractivity contribution in [3.05, 3.63) is 35.9 Å². The Bertz CT molecular complexity index is 286. The van der Waals surface area contributed by atoms with Crippen LogP contribution in [-0.2, 0) is 4.74 Å². The van der Waals surface area contributed by atoms with Gasteiger partial charge in [0, 0.05) is 17.9 Å². The Hall–Kier alpha value is -0.340. The van der Waals surface area contributed by atoms with Crippen LogP contribution in [0.1, 0.15) is 50.5 Å². The van der Waals surface area contributed by atoms with Gasteiger partial charge in [0.25, 0.3) is 0 Å². The van der Waals surface area contributed by atoms with Gasteiger partial charge in [-0.05, 0) is 12.0 Å². The second-order valence-corrected chi connectivity index (χ2v) is 5.40. The topological polar surface area (TPSA) is 9.23 Å². The van der Waals surface area contributed by atoms with E-state index in [4.69, 9.17) is 4.74 Å². The van der Waals surface area contributed by atoms with Crippen LogP contribution in [0.4, 0.5) is 0 Å². The molecule has 1 nitrogen and oxygen atoms in total. The molecule has 1 atom stereocenters. The highest BCUT2D eigenvalue weighted by Crippen LogP contribution is 2.18. The summed E-state index contributed by atoms with van der Waals surface area (Å²) < 4.78 is 5.79. The molecule has 1 aromatic rings. The number of alkyl halides is 1. The monoisotopic (exact) mass is 312 g/mol. The second-order valence-electron chi connectivity index (χ2n) is 4.75. The predicted octanol–water partition coefficient (Wildman–Crippen LogP) is 5.15. The third kappa shape index (κ3) is 6.55. The fourth-order valence-electron chi connectivity index (χ4n) is 1.99. The standard InChI is InChI=1S/C16H25BrO/c1-2-3-4-5-9-12-18-14-16(13-17)15-10-7-6-8-11-15/h6-8,10-11,16H,2-5,9,12-14H2,1H3. The van der Waals surface area contributed by atoms with E-state index in [2.05, 4.69) is 53.2 Å². The average molecular weight is 313 g/mol. The summed E-state index contributed by atoms with van der Waals surface area (Å²) in [5, 5.41) is 0.965. The summed E-state index contributed by atoms with van der Waals surface area (Å²) in [5.74, 6) is 0.474. The van der Waals surface area contributed by atoms with E-state index in [-0.39, 0.29) is 0 Å². The first-order valence-electron chi connectivity index (χ1n) is 7.07. The van der Waals surface area contributed by atoms with Crippen molar-refractivity contribution in [1.82, 2.24) is 0 Å². The van der Waals surface area contributed by atoms with Gasteiger partial charge in [-0.25, -0.2) is 0 Å². The molecule has 0 radical (unpaired) electrons. The molecule has 102 valence electrons. The van der Waals surface area contributed by atoms with Crippen molar-refractivity contribution in [2.75, 3.05) is 18.5 Å². The third-order valence-electron chi connectivity index (χ3n) is 3.17. The zero-order valence-corrected chi connectivity index (χ0v) is 13.0. The first kappa shape index (κ1) is 15.7. The van der Waals surface area contributed by atoms with Crippen molar-refractivity contribution in [3.63, 3.8) is 0 Å². The highest BCUT2D eigenvalue weighted by Gasteiger charge is 2.09. The summed E-state index contributed by atoms with van der Waals surface area (Å²) in [6, 6.07) is 10.6. The van der Waals surface area contributed by atoms with Crippen LogP contribution in [0.15, 0.2) is 30.3 Å². The fraction of sp³-hybridized carbons (Fsp3) is 0.625. The molecule has 1 unspecified atom stereocenters. The Kier molecular flexibility index (Phi) is 9.23. The molecule has 0 saturated carbocycles. The lowest BCUT2D eigenvalue weighted by molar-refractivity contribution is 0.120. The lowest BCUT2D eigenvalue weighted by atomic mass is 10.0. The molecule has 18 heavy (non-hydrogen) atoms. The molecule has 1 aromatic carbocycles. The number of benzene rings is 1. The van der Waals surface area contributed by atoms with E-state index in [9.17, 15) is 0 Å². The van der Waals surface area contributed by atoms with Crippen molar-refractivity contribution in [2.45, 2.75) is 44.9 Å². The molecule has 0 bridgehead atoms. The van der Waals surface area contributed by atoms with Gasteiger partial charge in [-0.1, -0.05) is 78.9 Å². The molecular weight excluding hydrogens is 288 g/mol. The molecule has 0 aliphatic heterocycles. The van der Waals surface area contributed by atoms with E-state index in [0.717, 1.165) is 18.5 Å². The smallest absolute Gasteiger partial charge is 0.0542 e. The van der Waals surface area contributed by atoms with E-state index in [1.165, 1.54) is 37.7 Å². The molecule has 2 heteroatoms. The van der Waals surface area contributed by atoms with Gasteiger partial charge in [0.2, 0.25) is 0 Å². The van der Waals surface area contributed by atoms with Crippen LogP contribution in [0.25, 0.3) is 0 Å². The Balaban J connectivity index is 2.13.